The zero-order valence-electron chi connectivity index (χ0n) is 15.9. The molecule has 1 aromatic carbocycles. The second kappa shape index (κ2) is 12.0. The van der Waals surface area contributed by atoms with Crippen LogP contribution in [0.3, 0.4) is 0 Å². The van der Waals surface area contributed by atoms with Crippen LogP contribution in [-0.4, -0.2) is 55.3 Å². The van der Waals surface area contributed by atoms with E-state index in [0.717, 1.165) is 12.0 Å². The van der Waals surface area contributed by atoms with Crippen molar-refractivity contribution in [1.29, 1.82) is 0 Å². The Balaban J connectivity index is 2.44. The minimum absolute atomic E-state index is 0.0878. The smallest absolute Gasteiger partial charge is 0.234 e. The molecule has 1 aromatic rings. The number of rotatable bonds is 11. The average molecular weight is 362 g/mol. The lowest BCUT2D eigenvalue weighted by Gasteiger charge is -2.22. The minimum Gasteiger partial charge on any atom is -0.355 e. The van der Waals surface area contributed by atoms with Gasteiger partial charge in [0.15, 0.2) is 0 Å². The van der Waals surface area contributed by atoms with E-state index in [1.54, 1.807) is 0 Å². The molecule has 7 nitrogen and oxygen atoms in total. The van der Waals surface area contributed by atoms with Crippen molar-refractivity contribution in [3.8, 4) is 0 Å². The molecule has 0 unspecified atom stereocenters. The summed E-state index contributed by atoms with van der Waals surface area (Å²) in [7, 11) is 0. The van der Waals surface area contributed by atoms with Crippen LogP contribution in [0.4, 0.5) is 0 Å². The maximum atomic E-state index is 12.2. The number of benzene rings is 1. The van der Waals surface area contributed by atoms with Gasteiger partial charge in [0.25, 0.3) is 0 Å². The van der Waals surface area contributed by atoms with Crippen LogP contribution >= 0.6 is 0 Å². The number of hydrogen-bond donors (Lipinski definition) is 3. The third-order valence-electron chi connectivity index (χ3n) is 3.89. The quantitative estimate of drug-likeness (QED) is 0.533. The molecule has 144 valence electrons. The van der Waals surface area contributed by atoms with Gasteiger partial charge >= 0.3 is 0 Å². The summed E-state index contributed by atoms with van der Waals surface area (Å²) in [5, 5.41) is 8.34. The fourth-order valence-corrected chi connectivity index (χ4v) is 2.40. The molecule has 0 aromatic heterocycles. The fraction of sp³-hybridized carbons (Fsp3) is 0.526. The summed E-state index contributed by atoms with van der Waals surface area (Å²) < 4.78 is 0. The van der Waals surface area contributed by atoms with E-state index in [2.05, 4.69) is 35.0 Å². The van der Waals surface area contributed by atoms with Gasteiger partial charge in [0.1, 0.15) is 0 Å². The Morgan fingerprint density at radius 2 is 1.35 bits per heavy atom. The van der Waals surface area contributed by atoms with E-state index in [-0.39, 0.29) is 24.3 Å². The molecule has 0 aliphatic carbocycles. The van der Waals surface area contributed by atoms with E-state index in [1.165, 1.54) is 19.4 Å². The van der Waals surface area contributed by atoms with Gasteiger partial charge in [0, 0.05) is 46.6 Å². The maximum absolute atomic E-state index is 12.2. The molecular weight excluding hydrogens is 332 g/mol. The molecule has 0 aliphatic heterocycles. The molecule has 0 fully saturated rings. The normalized spacial score (nSPS) is 10.5. The lowest BCUT2D eigenvalue weighted by Crippen LogP contribution is -2.43. The first kappa shape index (κ1) is 21.6. The molecule has 1 rings (SSSR count). The highest BCUT2D eigenvalue weighted by Crippen LogP contribution is 2.04. The van der Waals surface area contributed by atoms with Gasteiger partial charge in [-0.1, -0.05) is 31.2 Å². The molecule has 0 spiro atoms. The van der Waals surface area contributed by atoms with Crippen molar-refractivity contribution >= 4 is 17.7 Å². The van der Waals surface area contributed by atoms with Crippen molar-refractivity contribution in [2.45, 2.75) is 33.7 Å². The van der Waals surface area contributed by atoms with Gasteiger partial charge in [0.2, 0.25) is 17.7 Å². The van der Waals surface area contributed by atoms with Crippen LogP contribution in [0, 0.1) is 0 Å². The highest BCUT2D eigenvalue weighted by Gasteiger charge is 2.11. The Bertz CT molecular complexity index is 567. The van der Waals surface area contributed by atoms with Crippen LogP contribution < -0.4 is 16.0 Å². The van der Waals surface area contributed by atoms with Crippen molar-refractivity contribution in [3.05, 3.63) is 35.4 Å². The van der Waals surface area contributed by atoms with Crippen LogP contribution in [-0.2, 0) is 27.3 Å². The summed E-state index contributed by atoms with van der Waals surface area (Å²) in [6, 6.07) is 8.16. The summed E-state index contributed by atoms with van der Waals surface area (Å²) in [5.74, 6) is -0.297. The Hall–Kier alpha value is -2.41. The molecule has 0 heterocycles. The summed E-state index contributed by atoms with van der Waals surface area (Å²) in [5.41, 5.74) is 2.32. The first-order valence-electron chi connectivity index (χ1n) is 8.96. The van der Waals surface area contributed by atoms with E-state index in [1.807, 2.05) is 17.0 Å². The molecule has 0 bridgehead atoms. The van der Waals surface area contributed by atoms with Crippen molar-refractivity contribution in [3.63, 3.8) is 0 Å². The Morgan fingerprint density at radius 3 is 1.81 bits per heavy atom. The molecule has 3 amide bonds. The molecule has 0 saturated carbocycles. The van der Waals surface area contributed by atoms with Gasteiger partial charge in [-0.05, 0) is 17.5 Å². The average Bonchev–Trinajstić information content (AvgIpc) is 2.59. The predicted octanol–water partition coefficient (Wildman–Crippen LogP) is 0.439. The van der Waals surface area contributed by atoms with Gasteiger partial charge < -0.3 is 16.0 Å². The number of amides is 3. The Labute approximate surface area is 155 Å². The topological polar surface area (TPSA) is 90.5 Å². The largest absolute Gasteiger partial charge is 0.355 e. The van der Waals surface area contributed by atoms with E-state index in [0.29, 0.717) is 32.7 Å². The summed E-state index contributed by atoms with van der Waals surface area (Å²) >= 11 is 0. The summed E-state index contributed by atoms with van der Waals surface area (Å²) in [6.07, 6.45) is 0.990. The molecule has 0 atom stereocenters. The van der Waals surface area contributed by atoms with E-state index in [9.17, 15) is 14.4 Å². The van der Waals surface area contributed by atoms with Gasteiger partial charge in [0.05, 0.1) is 6.54 Å². The highest BCUT2D eigenvalue weighted by atomic mass is 16.2. The number of nitrogens with zero attached hydrogens (tertiary/aromatic N) is 1. The zero-order valence-corrected chi connectivity index (χ0v) is 15.9. The Kier molecular flexibility index (Phi) is 10.0. The zero-order chi connectivity index (χ0) is 19.4. The second-order valence-corrected chi connectivity index (χ2v) is 6.19. The first-order valence-corrected chi connectivity index (χ1v) is 8.96. The maximum Gasteiger partial charge on any atom is 0.234 e. The molecule has 0 radical (unpaired) electrons. The third-order valence-corrected chi connectivity index (χ3v) is 3.89. The van der Waals surface area contributed by atoms with Gasteiger partial charge in [-0.3, -0.25) is 19.3 Å². The van der Waals surface area contributed by atoms with E-state index in [4.69, 9.17) is 0 Å². The van der Waals surface area contributed by atoms with Crippen molar-refractivity contribution in [1.82, 2.24) is 20.9 Å². The predicted molar refractivity (Wildman–Crippen MR) is 101 cm³/mol. The number of aryl methyl sites for hydroxylation is 1. The van der Waals surface area contributed by atoms with Crippen LogP contribution in [0.5, 0.6) is 0 Å². The van der Waals surface area contributed by atoms with Gasteiger partial charge in [-0.15, -0.1) is 0 Å². The van der Waals surface area contributed by atoms with Crippen LogP contribution in [0.1, 0.15) is 31.9 Å². The lowest BCUT2D eigenvalue weighted by atomic mass is 10.1. The van der Waals surface area contributed by atoms with Crippen molar-refractivity contribution in [2.24, 2.45) is 0 Å². The monoisotopic (exact) mass is 362 g/mol. The molecular formula is C19H30N4O3. The number of carbonyl (C=O) groups excluding carboxylic acids is 3. The first-order chi connectivity index (χ1) is 12.4. The summed E-state index contributed by atoms with van der Waals surface area (Å²) in [6.45, 7) is 7.71. The standard InChI is InChI=1S/C19H30N4O3/c1-4-17-5-7-18(8-6-17)13-22-19(26)14-23(11-9-20-15(2)24)12-10-21-16(3)25/h5-8H,4,9-14H2,1-3H3,(H,20,24)(H,21,25)(H,22,26). The highest BCUT2D eigenvalue weighted by molar-refractivity contribution is 5.78. The summed E-state index contributed by atoms with van der Waals surface area (Å²) in [4.78, 5) is 36.1. The van der Waals surface area contributed by atoms with Crippen LogP contribution in [0.15, 0.2) is 24.3 Å². The molecule has 0 saturated heterocycles. The Morgan fingerprint density at radius 1 is 0.846 bits per heavy atom. The lowest BCUT2D eigenvalue weighted by molar-refractivity contribution is -0.122. The van der Waals surface area contributed by atoms with E-state index < -0.39 is 0 Å². The molecule has 0 aliphatic rings. The second-order valence-electron chi connectivity index (χ2n) is 6.19. The number of hydrogen-bond acceptors (Lipinski definition) is 4. The van der Waals surface area contributed by atoms with Gasteiger partial charge in [-0.2, -0.15) is 0 Å². The third kappa shape index (κ3) is 9.78. The number of carbonyl (C=O) groups is 3. The van der Waals surface area contributed by atoms with Crippen LogP contribution in [0.25, 0.3) is 0 Å². The van der Waals surface area contributed by atoms with Crippen molar-refractivity contribution < 1.29 is 14.4 Å². The SMILES string of the molecule is CCc1ccc(CNC(=O)CN(CCNC(C)=O)CCNC(C)=O)cc1. The molecule has 26 heavy (non-hydrogen) atoms. The van der Waals surface area contributed by atoms with Crippen molar-refractivity contribution in [2.75, 3.05) is 32.7 Å². The van der Waals surface area contributed by atoms with Crippen LogP contribution in [0.2, 0.25) is 0 Å². The fourth-order valence-electron chi connectivity index (χ4n) is 2.40. The molecule has 3 N–H and O–H groups in total. The minimum atomic E-state index is -0.105. The molecule has 7 heteroatoms. The van der Waals surface area contributed by atoms with Gasteiger partial charge in [-0.25, -0.2) is 0 Å². The number of nitrogens with one attached hydrogen (secondary N) is 3. The van der Waals surface area contributed by atoms with E-state index >= 15 is 0 Å².